The van der Waals surface area contributed by atoms with E-state index in [1.54, 1.807) is 0 Å². The van der Waals surface area contributed by atoms with Crippen LogP contribution in [0.3, 0.4) is 0 Å². The van der Waals surface area contributed by atoms with E-state index in [0.717, 1.165) is 88.0 Å². The normalized spacial score (nSPS) is 11.9. The Kier molecular flexibility index (Phi) is 7.82. The van der Waals surface area contributed by atoms with Crippen LogP contribution in [0, 0.1) is 0 Å². The molecule has 12 aromatic rings. The third-order valence-electron chi connectivity index (χ3n) is 11.6. The average molecular weight is 769 g/mol. The molecule has 0 saturated heterocycles. The van der Waals surface area contributed by atoms with Crippen molar-refractivity contribution in [3.63, 3.8) is 0 Å². The zero-order valence-corrected chi connectivity index (χ0v) is 32.5. The molecule has 0 amide bonds. The van der Waals surface area contributed by atoms with E-state index < -0.39 is 0 Å². The first kappa shape index (κ1) is 35.4. The standard InChI is InChI=1S/C51H27B4N5O/c52-31-24-38-34-20-21-35-39-25-32(53)27-41(55)45(39)60(47(35)46(34)59(44(38)40(54)26-31)33-15-8-3-9-16-33)42-18-10-17-36-37-23-30(19-22-43(37)61-48(36)42)51-57-49(28-11-4-1-5-12-28)56-50(58-51)29-13-6-2-7-14-29/h1-27H. The fourth-order valence-electron chi connectivity index (χ4n) is 9.07. The maximum atomic E-state index is 6.99. The molecule has 0 aliphatic carbocycles. The van der Waals surface area contributed by atoms with Crippen molar-refractivity contribution in [2.45, 2.75) is 0 Å². The second-order valence-electron chi connectivity index (χ2n) is 15.4. The summed E-state index contributed by atoms with van der Waals surface area (Å²) in [5, 5.41) is 5.67. The van der Waals surface area contributed by atoms with Crippen LogP contribution in [0.4, 0.5) is 0 Å². The molecule has 6 nitrogen and oxygen atoms in total. The predicted octanol–water partition coefficient (Wildman–Crippen LogP) is 8.14. The number of fused-ring (bicyclic) bond motifs is 10. The minimum atomic E-state index is 0.541. The second kappa shape index (κ2) is 13.5. The SMILES string of the molecule is [B]c1cc([B])c2c(c1)c1ccc3c4cc([B])cc([B])c4n(-c4cccc5c4oc4ccc(-c6nc(-c7ccccc7)nc(-c7ccccc7)n6)cc45)c3c1n2-c1ccccc1. The molecule has 8 radical (unpaired) electrons. The van der Waals surface area contributed by atoms with E-state index in [0.29, 0.717) is 44.9 Å². The monoisotopic (exact) mass is 769 g/mol. The van der Waals surface area contributed by atoms with Crippen LogP contribution in [0.2, 0.25) is 0 Å². The smallest absolute Gasteiger partial charge is 0.164 e. The molecule has 10 heteroatoms. The van der Waals surface area contributed by atoms with Crippen molar-refractivity contribution in [2.75, 3.05) is 0 Å². The number of para-hydroxylation sites is 2. The summed E-state index contributed by atoms with van der Waals surface area (Å²) in [7, 11) is 26.8. The van der Waals surface area contributed by atoms with Crippen molar-refractivity contribution in [3.05, 3.63) is 164 Å². The first-order valence-electron chi connectivity index (χ1n) is 19.9. The summed E-state index contributed by atoms with van der Waals surface area (Å²) in [4.78, 5) is 14.9. The maximum Gasteiger partial charge on any atom is 0.164 e. The molecule has 8 aromatic carbocycles. The van der Waals surface area contributed by atoms with Crippen LogP contribution in [-0.2, 0) is 0 Å². The number of nitrogens with zero attached hydrogens (tertiary/aromatic N) is 5. The van der Waals surface area contributed by atoms with Crippen molar-refractivity contribution in [2.24, 2.45) is 0 Å². The highest BCUT2D eigenvalue weighted by Gasteiger charge is 2.25. The van der Waals surface area contributed by atoms with Crippen molar-refractivity contribution in [3.8, 4) is 45.5 Å². The van der Waals surface area contributed by atoms with E-state index in [4.69, 9.17) is 50.8 Å². The lowest BCUT2D eigenvalue weighted by molar-refractivity contribution is 0.666. The van der Waals surface area contributed by atoms with Crippen molar-refractivity contribution in [1.29, 1.82) is 0 Å². The van der Waals surface area contributed by atoms with Gasteiger partial charge in [0.05, 0.1) is 16.7 Å². The van der Waals surface area contributed by atoms with Crippen LogP contribution >= 0.6 is 0 Å². The molecule has 12 rings (SSSR count). The quantitative estimate of drug-likeness (QED) is 0.166. The predicted molar refractivity (Wildman–Crippen MR) is 254 cm³/mol. The van der Waals surface area contributed by atoms with Crippen LogP contribution in [0.15, 0.2) is 168 Å². The number of rotatable bonds is 5. The molecule has 4 aromatic heterocycles. The summed E-state index contributed by atoms with van der Waals surface area (Å²) in [5.74, 6) is 1.75. The van der Waals surface area contributed by atoms with Crippen LogP contribution < -0.4 is 21.9 Å². The Morgan fingerprint density at radius 2 is 0.902 bits per heavy atom. The van der Waals surface area contributed by atoms with E-state index >= 15 is 0 Å². The van der Waals surface area contributed by atoms with Crippen LogP contribution in [0.1, 0.15) is 0 Å². The number of furan rings is 1. The van der Waals surface area contributed by atoms with Gasteiger partial charge in [-0.1, -0.05) is 149 Å². The third-order valence-corrected chi connectivity index (χ3v) is 11.6. The third kappa shape index (κ3) is 5.45. The molecule has 274 valence electrons. The van der Waals surface area contributed by atoms with Gasteiger partial charge in [0.1, 0.15) is 37.0 Å². The minimum Gasteiger partial charge on any atom is -0.454 e. The number of benzene rings is 8. The van der Waals surface area contributed by atoms with Gasteiger partial charge >= 0.3 is 0 Å². The topological polar surface area (TPSA) is 61.7 Å². The van der Waals surface area contributed by atoms with Crippen molar-refractivity contribution in [1.82, 2.24) is 24.1 Å². The van der Waals surface area contributed by atoms with Crippen LogP contribution in [0.25, 0.3) is 111 Å². The lowest BCUT2D eigenvalue weighted by Crippen LogP contribution is -2.16. The Balaban J connectivity index is 1.15. The first-order valence-corrected chi connectivity index (χ1v) is 19.9. The number of aromatic nitrogens is 5. The average Bonchev–Trinajstić information content (AvgIpc) is 3.95. The summed E-state index contributed by atoms with van der Waals surface area (Å²) in [6.45, 7) is 0. The molecule has 0 fully saturated rings. The highest BCUT2D eigenvalue weighted by molar-refractivity contribution is 6.46. The largest absolute Gasteiger partial charge is 0.454 e. The van der Waals surface area contributed by atoms with E-state index in [-0.39, 0.29) is 0 Å². The first-order chi connectivity index (χ1) is 29.9. The van der Waals surface area contributed by atoms with E-state index in [2.05, 4.69) is 57.7 Å². The molecular formula is C51H27B4N5O. The van der Waals surface area contributed by atoms with Gasteiger partial charge in [-0.15, -0.1) is 0 Å². The summed E-state index contributed by atoms with van der Waals surface area (Å²) in [5.41, 5.74) is 11.6. The molecule has 0 unspecified atom stereocenters. The highest BCUT2D eigenvalue weighted by atomic mass is 16.3. The van der Waals surface area contributed by atoms with Gasteiger partial charge in [0, 0.05) is 65.7 Å². The highest BCUT2D eigenvalue weighted by Crippen LogP contribution is 2.43. The molecule has 0 aliphatic rings. The Morgan fingerprint density at radius 3 is 1.49 bits per heavy atom. The summed E-state index contributed by atoms with van der Waals surface area (Å²) in [6, 6.07) is 54.4. The molecule has 0 spiro atoms. The van der Waals surface area contributed by atoms with Gasteiger partial charge in [0.2, 0.25) is 0 Å². The lowest BCUT2D eigenvalue weighted by Gasteiger charge is -2.14. The molecule has 4 heterocycles. The van der Waals surface area contributed by atoms with Gasteiger partial charge in [-0.3, -0.25) is 0 Å². The molecule has 0 aliphatic heterocycles. The maximum absolute atomic E-state index is 6.99. The van der Waals surface area contributed by atoms with Crippen molar-refractivity contribution >= 4 is 119 Å². The van der Waals surface area contributed by atoms with E-state index in [1.165, 1.54) is 0 Å². The molecule has 0 bridgehead atoms. The number of hydrogen-bond donors (Lipinski definition) is 0. The zero-order valence-electron chi connectivity index (χ0n) is 32.5. The minimum absolute atomic E-state index is 0.541. The summed E-state index contributed by atoms with van der Waals surface area (Å²) < 4.78 is 11.3. The Morgan fingerprint density at radius 1 is 0.377 bits per heavy atom. The van der Waals surface area contributed by atoms with Gasteiger partial charge in [-0.2, -0.15) is 0 Å². The zero-order chi connectivity index (χ0) is 40.9. The van der Waals surface area contributed by atoms with Crippen molar-refractivity contribution < 1.29 is 4.42 Å². The molecular weight excluding hydrogens is 742 g/mol. The summed E-state index contributed by atoms with van der Waals surface area (Å²) in [6.07, 6.45) is 0. The Hall–Kier alpha value is -7.57. The lowest BCUT2D eigenvalue weighted by atomic mass is 9.85. The van der Waals surface area contributed by atoms with Gasteiger partial charge in [-0.25, -0.2) is 15.0 Å². The number of hydrogen-bond acceptors (Lipinski definition) is 4. The van der Waals surface area contributed by atoms with Gasteiger partial charge < -0.3 is 13.6 Å². The van der Waals surface area contributed by atoms with Gasteiger partial charge in [-0.05, 0) is 36.4 Å². The molecule has 61 heavy (non-hydrogen) atoms. The van der Waals surface area contributed by atoms with Gasteiger partial charge in [0.25, 0.3) is 0 Å². The molecule has 0 N–H and O–H groups in total. The Bertz CT molecular complexity index is 3690. The Labute approximate surface area is 355 Å². The fraction of sp³-hybridized carbons (Fsp3) is 0. The molecule has 0 saturated carbocycles. The van der Waals surface area contributed by atoms with Crippen LogP contribution in [-0.4, -0.2) is 55.5 Å². The fourth-order valence-corrected chi connectivity index (χ4v) is 9.07. The second-order valence-corrected chi connectivity index (χ2v) is 15.4. The van der Waals surface area contributed by atoms with Gasteiger partial charge in [0.15, 0.2) is 23.1 Å². The van der Waals surface area contributed by atoms with E-state index in [1.807, 2.05) is 115 Å². The van der Waals surface area contributed by atoms with Crippen LogP contribution in [0.5, 0.6) is 0 Å². The molecule has 0 atom stereocenters. The van der Waals surface area contributed by atoms with E-state index in [9.17, 15) is 0 Å². The summed E-state index contributed by atoms with van der Waals surface area (Å²) >= 11 is 0.